The molecule has 0 spiro atoms. The van der Waals surface area contributed by atoms with Gasteiger partial charge in [-0.3, -0.25) is 0 Å². The van der Waals surface area contributed by atoms with Crippen LogP contribution in [0, 0.1) is 0 Å². The highest BCUT2D eigenvalue weighted by molar-refractivity contribution is 7.90. The number of nitrogens with two attached hydrogens (primary N) is 1. The summed E-state index contributed by atoms with van der Waals surface area (Å²) in [6, 6.07) is 1.51. The maximum atomic E-state index is 11.6. The number of carbonyl (C=O) groups excluding carboxylic acids is 1. The normalized spacial score (nSPS) is 11.4. The van der Waals surface area contributed by atoms with Crippen LogP contribution in [-0.4, -0.2) is 37.6 Å². The Morgan fingerprint density at radius 3 is 2.71 bits per heavy atom. The lowest BCUT2D eigenvalue weighted by molar-refractivity contribution is 0.0517. The quantitative estimate of drug-likeness (QED) is 0.768. The molecule has 0 aliphatic heterocycles. The van der Waals surface area contributed by atoms with Crippen molar-refractivity contribution in [1.82, 2.24) is 4.57 Å². The number of esters is 1. The van der Waals surface area contributed by atoms with Crippen molar-refractivity contribution in [3.63, 3.8) is 0 Å². The number of ether oxygens (including phenoxy) is 1. The summed E-state index contributed by atoms with van der Waals surface area (Å²) in [6.07, 6.45) is 2.72. The predicted molar refractivity (Wildman–Crippen MR) is 64.5 cm³/mol. The predicted octanol–water partition coefficient (Wildman–Crippen LogP) is 0.292. The molecular weight excluding hydrogens is 244 g/mol. The maximum Gasteiger partial charge on any atom is 0.355 e. The third-order valence-electron chi connectivity index (χ3n) is 2.15. The molecule has 0 aliphatic carbocycles. The summed E-state index contributed by atoms with van der Waals surface area (Å²) >= 11 is 0. The Bertz CT molecular complexity index is 504. The largest absolute Gasteiger partial charge is 0.460 e. The summed E-state index contributed by atoms with van der Waals surface area (Å²) in [7, 11) is -3.12. The topological polar surface area (TPSA) is 91.4 Å². The van der Waals surface area contributed by atoms with Crippen molar-refractivity contribution in [3.8, 4) is 0 Å². The minimum Gasteiger partial charge on any atom is -0.460 e. The SMILES string of the molecule is CCn1cc(N)cc1C(=O)OCCS(C)(=O)=O. The van der Waals surface area contributed by atoms with Gasteiger partial charge in [0, 0.05) is 19.0 Å². The average Bonchev–Trinajstić information content (AvgIpc) is 2.57. The highest BCUT2D eigenvalue weighted by Crippen LogP contribution is 2.11. The van der Waals surface area contributed by atoms with Gasteiger partial charge in [-0.15, -0.1) is 0 Å². The van der Waals surface area contributed by atoms with E-state index >= 15 is 0 Å². The van der Waals surface area contributed by atoms with Crippen molar-refractivity contribution in [2.45, 2.75) is 13.5 Å². The van der Waals surface area contributed by atoms with Crippen molar-refractivity contribution in [2.75, 3.05) is 24.3 Å². The van der Waals surface area contributed by atoms with E-state index in [1.165, 1.54) is 6.07 Å². The van der Waals surface area contributed by atoms with Crippen molar-refractivity contribution in [2.24, 2.45) is 0 Å². The first-order valence-electron chi connectivity index (χ1n) is 5.14. The maximum absolute atomic E-state index is 11.6. The van der Waals surface area contributed by atoms with Gasteiger partial charge in [0.25, 0.3) is 0 Å². The first-order chi connectivity index (χ1) is 7.83. The number of hydrogen-bond acceptors (Lipinski definition) is 5. The number of hydrogen-bond donors (Lipinski definition) is 1. The third-order valence-corrected chi connectivity index (χ3v) is 3.06. The lowest BCUT2D eigenvalue weighted by Crippen LogP contribution is -2.16. The Balaban J connectivity index is 2.64. The standard InChI is InChI=1S/C10H16N2O4S/c1-3-12-7-8(11)6-9(12)10(13)16-4-5-17(2,14)15/h6-7H,3-5,11H2,1-2H3. The number of aromatic nitrogens is 1. The number of sulfone groups is 1. The fourth-order valence-electron chi connectivity index (χ4n) is 1.33. The van der Waals surface area contributed by atoms with Gasteiger partial charge in [-0.05, 0) is 13.0 Å². The summed E-state index contributed by atoms with van der Waals surface area (Å²) in [6.45, 7) is 2.31. The molecule has 6 nitrogen and oxygen atoms in total. The summed E-state index contributed by atoms with van der Waals surface area (Å²) in [5.74, 6) is -0.742. The van der Waals surface area contributed by atoms with Crippen LogP contribution >= 0.6 is 0 Å². The number of rotatable bonds is 5. The van der Waals surface area contributed by atoms with E-state index in [9.17, 15) is 13.2 Å². The molecule has 0 aliphatic rings. The lowest BCUT2D eigenvalue weighted by atomic mass is 10.4. The van der Waals surface area contributed by atoms with Gasteiger partial charge < -0.3 is 15.0 Å². The van der Waals surface area contributed by atoms with E-state index < -0.39 is 15.8 Å². The zero-order chi connectivity index (χ0) is 13.1. The molecule has 1 rings (SSSR count). The van der Waals surface area contributed by atoms with Gasteiger partial charge in [0.1, 0.15) is 12.3 Å². The van der Waals surface area contributed by atoms with Crippen LogP contribution in [0.1, 0.15) is 17.4 Å². The second-order valence-electron chi connectivity index (χ2n) is 3.71. The summed E-state index contributed by atoms with van der Waals surface area (Å²) in [5, 5.41) is 0. The molecule has 0 atom stereocenters. The van der Waals surface area contributed by atoms with E-state index in [0.29, 0.717) is 17.9 Å². The first kappa shape index (κ1) is 13.6. The van der Waals surface area contributed by atoms with E-state index in [-0.39, 0.29) is 12.4 Å². The zero-order valence-electron chi connectivity index (χ0n) is 9.84. The molecule has 1 heterocycles. The molecule has 96 valence electrons. The molecule has 7 heteroatoms. The van der Waals surface area contributed by atoms with E-state index in [4.69, 9.17) is 10.5 Å². The Labute approximate surface area is 100 Å². The molecule has 0 bridgehead atoms. The van der Waals surface area contributed by atoms with Crippen molar-refractivity contribution in [3.05, 3.63) is 18.0 Å². The van der Waals surface area contributed by atoms with Gasteiger partial charge in [0.15, 0.2) is 9.84 Å². The zero-order valence-corrected chi connectivity index (χ0v) is 10.7. The first-order valence-corrected chi connectivity index (χ1v) is 7.20. The Hall–Kier alpha value is -1.50. The highest BCUT2D eigenvalue weighted by Gasteiger charge is 2.14. The third kappa shape index (κ3) is 4.10. The number of carbonyl (C=O) groups is 1. The average molecular weight is 260 g/mol. The van der Waals surface area contributed by atoms with Crippen LogP contribution in [0.25, 0.3) is 0 Å². The van der Waals surface area contributed by atoms with Gasteiger partial charge in [0.05, 0.1) is 11.4 Å². The number of nitrogens with zero attached hydrogens (tertiary/aromatic N) is 1. The molecule has 2 N–H and O–H groups in total. The molecule has 1 aromatic heterocycles. The fraction of sp³-hybridized carbons (Fsp3) is 0.500. The molecule has 17 heavy (non-hydrogen) atoms. The Kier molecular flexibility index (Phi) is 4.17. The Morgan fingerprint density at radius 2 is 2.18 bits per heavy atom. The Morgan fingerprint density at radius 1 is 1.53 bits per heavy atom. The van der Waals surface area contributed by atoms with E-state index in [1.807, 2.05) is 6.92 Å². The monoisotopic (exact) mass is 260 g/mol. The van der Waals surface area contributed by atoms with Gasteiger partial charge >= 0.3 is 5.97 Å². The number of nitrogen functional groups attached to an aromatic ring is 1. The highest BCUT2D eigenvalue weighted by atomic mass is 32.2. The molecule has 1 aromatic rings. The van der Waals surface area contributed by atoms with E-state index in [0.717, 1.165) is 6.26 Å². The molecule has 0 unspecified atom stereocenters. The van der Waals surface area contributed by atoms with Gasteiger partial charge in [-0.1, -0.05) is 0 Å². The molecule has 0 saturated heterocycles. The number of anilines is 1. The van der Waals surface area contributed by atoms with Crippen LogP contribution < -0.4 is 5.73 Å². The van der Waals surface area contributed by atoms with Crippen LogP contribution in [-0.2, 0) is 21.1 Å². The molecule has 0 aromatic carbocycles. The van der Waals surface area contributed by atoms with E-state index in [1.54, 1.807) is 10.8 Å². The summed E-state index contributed by atoms with van der Waals surface area (Å²) in [5.41, 5.74) is 6.37. The van der Waals surface area contributed by atoms with Crippen LogP contribution in [0.2, 0.25) is 0 Å². The van der Waals surface area contributed by atoms with Crippen molar-refractivity contribution < 1.29 is 17.9 Å². The molecule has 0 saturated carbocycles. The minimum atomic E-state index is -3.12. The van der Waals surface area contributed by atoms with Crippen LogP contribution in [0.15, 0.2) is 12.3 Å². The molecule has 0 radical (unpaired) electrons. The van der Waals surface area contributed by atoms with Gasteiger partial charge in [0.2, 0.25) is 0 Å². The van der Waals surface area contributed by atoms with Crippen molar-refractivity contribution in [1.29, 1.82) is 0 Å². The van der Waals surface area contributed by atoms with E-state index in [2.05, 4.69) is 0 Å². The van der Waals surface area contributed by atoms with Gasteiger partial charge in [-0.2, -0.15) is 0 Å². The second kappa shape index (κ2) is 5.22. The smallest absolute Gasteiger partial charge is 0.355 e. The molecular formula is C10H16N2O4S. The molecule has 0 fully saturated rings. The lowest BCUT2D eigenvalue weighted by Gasteiger charge is -2.06. The van der Waals surface area contributed by atoms with Crippen LogP contribution in [0.4, 0.5) is 5.69 Å². The molecule has 0 amide bonds. The minimum absolute atomic E-state index is 0.146. The number of aryl methyl sites for hydroxylation is 1. The second-order valence-corrected chi connectivity index (χ2v) is 5.97. The van der Waals surface area contributed by atoms with Crippen LogP contribution in [0.3, 0.4) is 0 Å². The fourth-order valence-corrected chi connectivity index (χ4v) is 1.71. The summed E-state index contributed by atoms with van der Waals surface area (Å²) in [4.78, 5) is 11.6. The van der Waals surface area contributed by atoms with Gasteiger partial charge in [-0.25, -0.2) is 13.2 Å². The summed E-state index contributed by atoms with van der Waals surface area (Å²) < 4.78 is 28.2. The van der Waals surface area contributed by atoms with Crippen LogP contribution in [0.5, 0.6) is 0 Å². The van der Waals surface area contributed by atoms with Crippen molar-refractivity contribution >= 4 is 21.5 Å².